The third-order valence-corrected chi connectivity index (χ3v) is 5.62. The fourth-order valence-electron chi connectivity index (χ4n) is 3.17. The molecule has 0 saturated carbocycles. The number of ether oxygens (including phenoxy) is 1. The molecule has 1 fully saturated rings. The van der Waals surface area contributed by atoms with E-state index in [0.29, 0.717) is 0 Å². The molecular weight excluding hydrogens is 273 g/mol. The molecule has 1 atom stereocenters. The van der Waals surface area contributed by atoms with Crippen molar-refractivity contribution >= 4 is 28.2 Å². The number of aromatic amines is 1. The SMILES string of the molecule is Fc1ccc2[nH]cc(C3=CCC4(CC3)OCCS4)c2c1. The molecule has 2 aromatic rings. The summed E-state index contributed by atoms with van der Waals surface area (Å²) in [5.41, 5.74) is 3.44. The van der Waals surface area contributed by atoms with Crippen molar-refractivity contribution in [2.24, 2.45) is 0 Å². The molecule has 2 heterocycles. The Morgan fingerprint density at radius 2 is 2.30 bits per heavy atom. The number of fused-ring (bicyclic) bond motifs is 1. The number of H-pyrrole nitrogens is 1. The summed E-state index contributed by atoms with van der Waals surface area (Å²) < 4.78 is 19.3. The highest BCUT2D eigenvalue weighted by atomic mass is 32.2. The van der Waals surface area contributed by atoms with Crippen LogP contribution in [-0.2, 0) is 4.74 Å². The molecule has 4 rings (SSSR count). The quantitative estimate of drug-likeness (QED) is 0.845. The average Bonchev–Trinajstić information content (AvgIpc) is 3.07. The summed E-state index contributed by atoms with van der Waals surface area (Å²) in [7, 11) is 0. The van der Waals surface area contributed by atoms with Crippen molar-refractivity contribution in [1.29, 1.82) is 0 Å². The summed E-state index contributed by atoms with van der Waals surface area (Å²) in [5.74, 6) is 0.919. The van der Waals surface area contributed by atoms with Gasteiger partial charge in [0.05, 0.1) is 6.61 Å². The predicted octanol–water partition coefficient (Wildman–Crippen LogP) is 4.33. The molecule has 104 valence electrons. The van der Waals surface area contributed by atoms with Crippen molar-refractivity contribution < 1.29 is 9.13 Å². The summed E-state index contributed by atoms with van der Waals surface area (Å²) in [6.07, 6.45) is 7.27. The van der Waals surface area contributed by atoms with Gasteiger partial charge < -0.3 is 9.72 Å². The lowest BCUT2D eigenvalue weighted by molar-refractivity contribution is 0.0461. The Hall–Kier alpha value is -1.26. The summed E-state index contributed by atoms with van der Waals surface area (Å²) in [5, 5.41) is 0.979. The third-order valence-electron chi connectivity index (χ3n) is 4.24. The Labute approximate surface area is 121 Å². The fraction of sp³-hybridized carbons (Fsp3) is 0.375. The second-order valence-electron chi connectivity index (χ2n) is 5.43. The molecule has 20 heavy (non-hydrogen) atoms. The van der Waals surface area contributed by atoms with Crippen LogP contribution in [0.1, 0.15) is 24.8 Å². The lowest BCUT2D eigenvalue weighted by atomic mass is 9.91. The zero-order valence-corrected chi connectivity index (χ0v) is 11.9. The first-order valence-corrected chi connectivity index (χ1v) is 7.98. The molecule has 4 heteroatoms. The van der Waals surface area contributed by atoms with Crippen molar-refractivity contribution in [1.82, 2.24) is 4.98 Å². The van der Waals surface area contributed by atoms with Gasteiger partial charge in [0.2, 0.25) is 0 Å². The van der Waals surface area contributed by atoms with E-state index in [1.807, 2.05) is 18.0 Å². The van der Waals surface area contributed by atoms with Gasteiger partial charge in [-0.25, -0.2) is 4.39 Å². The first kappa shape index (κ1) is 12.5. The van der Waals surface area contributed by atoms with Crippen molar-refractivity contribution in [3.05, 3.63) is 41.9 Å². The van der Waals surface area contributed by atoms with Crippen LogP contribution in [0.4, 0.5) is 4.39 Å². The number of hydrogen-bond acceptors (Lipinski definition) is 2. The van der Waals surface area contributed by atoms with E-state index in [1.165, 1.54) is 11.6 Å². The average molecular weight is 289 g/mol. The van der Waals surface area contributed by atoms with Gasteiger partial charge in [-0.1, -0.05) is 6.08 Å². The fourth-order valence-corrected chi connectivity index (χ4v) is 4.32. The van der Waals surface area contributed by atoms with Gasteiger partial charge in [-0.15, -0.1) is 11.8 Å². The number of thioether (sulfide) groups is 1. The number of benzene rings is 1. The number of halogens is 1. The molecule has 1 aliphatic carbocycles. The zero-order valence-electron chi connectivity index (χ0n) is 11.1. The monoisotopic (exact) mass is 289 g/mol. The molecule has 1 spiro atoms. The van der Waals surface area contributed by atoms with Crippen molar-refractivity contribution in [2.75, 3.05) is 12.4 Å². The lowest BCUT2D eigenvalue weighted by Gasteiger charge is -2.30. The van der Waals surface area contributed by atoms with Crippen LogP contribution in [0, 0.1) is 5.82 Å². The van der Waals surface area contributed by atoms with Crippen molar-refractivity contribution in [3.63, 3.8) is 0 Å². The molecule has 1 unspecified atom stereocenters. The second kappa shape index (κ2) is 4.64. The van der Waals surface area contributed by atoms with E-state index >= 15 is 0 Å². The maximum Gasteiger partial charge on any atom is 0.123 e. The molecule has 0 radical (unpaired) electrons. The molecule has 2 nitrogen and oxygen atoms in total. The normalized spacial score (nSPS) is 26.4. The summed E-state index contributed by atoms with van der Waals surface area (Å²) in [4.78, 5) is 3.24. The molecule has 1 aromatic heterocycles. The number of hydrogen-bond donors (Lipinski definition) is 1. The van der Waals surface area contributed by atoms with Crippen LogP contribution in [0.2, 0.25) is 0 Å². The minimum Gasteiger partial charge on any atom is -0.363 e. The van der Waals surface area contributed by atoms with Gasteiger partial charge in [0.25, 0.3) is 0 Å². The van der Waals surface area contributed by atoms with E-state index in [4.69, 9.17) is 4.74 Å². The van der Waals surface area contributed by atoms with E-state index in [0.717, 1.165) is 48.1 Å². The van der Waals surface area contributed by atoms with Crippen LogP contribution in [0.3, 0.4) is 0 Å². The van der Waals surface area contributed by atoms with Gasteiger partial charge in [-0.2, -0.15) is 0 Å². The highest BCUT2D eigenvalue weighted by Crippen LogP contribution is 2.46. The van der Waals surface area contributed by atoms with Gasteiger partial charge in [-0.3, -0.25) is 0 Å². The van der Waals surface area contributed by atoms with E-state index in [9.17, 15) is 4.39 Å². The first-order chi connectivity index (χ1) is 9.76. The van der Waals surface area contributed by atoms with Gasteiger partial charge in [0.1, 0.15) is 10.8 Å². The standard InChI is InChI=1S/C16H16FNOS/c17-12-1-2-15-13(9-12)14(10-18-15)11-3-5-16(6-4-11)19-7-8-20-16/h1-3,9-10,18H,4-8H2. The van der Waals surface area contributed by atoms with E-state index in [1.54, 1.807) is 12.1 Å². The predicted molar refractivity (Wildman–Crippen MR) is 81.2 cm³/mol. The number of allylic oxidation sites excluding steroid dienone is 1. The molecule has 1 aromatic carbocycles. The number of nitrogens with one attached hydrogen (secondary N) is 1. The molecule has 0 bridgehead atoms. The molecule has 2 aliphatic rings. The Morgan fingerprint density at radius 3 is 3.05 bits per heavy atom. The Bertz CT molecular complexity index is 685. The lowest BCUT2D eigenvalue weighted by Crippen LogP contribution is -2.25. The summed E-state index contributed by atoms with van der Waals surface area (Å²) in [6.45, 7) is 0.867. The maximum atomic E-state index is 13.4. The topological polar surface area (TPSA) is 25.0 Å². The first-order valence-electron chi connectivity index (χ1n) is 7.00. The summed E-state index contributed by atoms with van der Waals surface area (Å²) in [6, 6.07) is 4.91. The molecule has 1 saturated heterocycles. The molecular formula is C16H16FNOS. The van der Waals surface area contributed by atoms with Crippen molar-refractivity contribution in [2.45, 2.75) is 24.2 Å². The van der Waals surface area contributed by atoms with Crippen LogP contribution >= 0.6 is 11.8 Å². The van der Waals surface area contributed by atoms with Gasteiger partial charge in [0, 0.05) is 34.8 Å². The largest absolute Gasteiger partial charge is 0.363 e. The minimum atomic E-state index is -0.180. The maximum absolute atomic E-state index is 13.4. The Balaban J connectivity index is 1.70. The Kier molecular flexibility index (Phi) is 2.89. The van der Waals surface area contributed by atoms with Gasteiger partial charge in [-0.05, 0) is 36.6 Å². The van der Waals surface area contributed by atoms with E-state index in [2.05, 4.69) is 11.1 Å². The zero-order chi connectivity index (χ0) is 13.6. The number of rotatable bonds is 1. The molecule has 0 amide bonds. The number of aromatic nitrogens is 1. The van der Waals surface area contributed by atoms with Crippen molar-refractivity contribution in [3.8, 4) is 0 Å². The van der Waals surface area contributed by atoms with Crippen LogP contribution in [0.25, 0.3) is 16.5 Å². The smallest absolute Gasteiger partial charge is 0.123 e. The van der Waals surface area contributed by atoms with Crippen LogP contribution < -0.4 is 0 Å². The second-order valence-corrected chi connectivity index (χ2v) is 6.87. The van der Waals surface area contributed by atoms with Crippen LogP contribution in [-0.4, -0.2) is 22.3 Å². The highest BCUT2D eigenvalue weighted by molar-refractivity contribution is 8.00. The third kappa shape index (κ3) is 1.98. The molecule has 1 aliphatic heterocycles. The highest BCUT2D eigenvalue weighted by Gasteiger charge is 2.37. The Morgan fingerprint density at radius 1 is 1.35 bits per heavy atom. The van der Waals surface area contributed by atoms with Gasteiger partial charge >= 0.3 is 0 Å². The van der Waals surface area contributed by atoms with E-state index < -0.39 is 0 Å². The van der Waals surface area contributed by atoms with E-state index in [-0.39, 0.29) is 10.8 Å². The minimum absolute atomic E-state index is 0.0147. The van der Waals surface area contributed by atoms with Crippen LogP contribution in [0.5, 0.6) is 0 Å². The van der Waals surface area contributed by atoms with Crippen LogP contribution in [0.15, 0.2) is 30.5 Å². The summed E-state index contributed by atoms with van der Waals surface area (Å²) >= 11 is 1.94. The van der Waals surface area contributed by atoms with Gasteiger partial charge in [0.15, 0.2) is 0 Å². The molecule has 1 N–H and O–H groups in total.